The van der Waals surface area contributed by atoms with E-state index in [0.717, 1.165) is 31.0 Å². The number of hydrogen-bond acceptors (Lipinski definition) is 3. The molecule has 2 saturated heterocycles. The number of carbonyl (C=O) groups excluding carboxylic acids is 2. The predicted octanol–water partition coefficient (Wildman–Crippen LogP) is 2.42. The maximum absolute atomic E-state index is 13.4. The summed E-state index contributed by atoms with van der Waals surface area (Å²) in [6.45, 7) is 1.22. The van der Waals surface area contributed by atoms with Gasteiger partial charge in [0, 0.05) is 37.8 Å². The number of rotatable bonds is 5. The van der Waals surface area contributed by atoms with E-state index in [2.05, 4.69) is 0 Å². The summed E-state index contributed by atoms with van der Waals surface area (Å²) in [6, 6.07) is 2.89. The molecule has 0 radical (unpaired) electrons. The van der Waals surface area contributed by atoms with Gasteiger partial charge < -0.3 is 14.9 Å². The van der Waals surface area contributed by atoms with Gasteiger partial charge >= 0.3 is 5.97 Å². The number of nitrogens with zero attached hydrogens (tertiary/aromatic N) is 2. The summed E-state index contributed by atoms with van der Waals surface area (Å²) in [5.74, 6) is -3.87. The molecule has 6 nitrogen and oxygen atoms in total. The Morgan fingerprint density at radius 3 is 2.48 bits per heavy atom. The summed E-state index contributed by atoms with van der Waals surface area (Å²) in [6.07, 6.45) is 2.51. The average molecular weight is 380 g/mol. The lowest BCUT2D eigenvalue weighted by Gasteiger charge is -2.34. The largest absolute Gasteiger partial charge is 0.481 e. The molecule has 1 aromatic carbocycles. The number of carboxylic acid groups (broad SMARTS) is 1. The first-order valence-corrected chi connectivity index (χ1v) is 9.13. The molecule has 2 atom stereocenters. The number of likely N-dealkylation sites (tertiary alicyclic amines) is 1. The smallest absolute Gasteiger partial charge is 0.303 e. The third-order valence-corrected chi connectivity index (χ3v) is 5.26. The maximum atomic E-state index is 13.4. The van der Waals surface area contributed by atoms with Crippen LogP contribution in [0.3, 0.4) is 0 Å². The molecule has 1 N–H and O–H groups in total. The van der Waals surface area contributed by atoms with Crippen molar-refractivity contribution in [2.45, 2.75) is 32.1 Å². The maximum Gasteiger partial charge on any atom is 0.303 e. The Kier molecular flexibility index (Phi) is 5.72. The van der Waals surface area contributed by atoms with Gasteiger partial charge in [-0.25, -0.2) is 8.78 Å². The molecule has 2 aliphatic heterocycles. The van der Waals surface area contributed by atoms with Gasteiger partial charge in [-0.15, -0.1) is 0 Å². The fraction of sp³-hybridized carbons (Fsp3) is 0.526. The van der Waals surface area contributed by atoms with Crippen LogP contribution >= 0.6 is 0 Å². The third kappa shape index (κ3) is 4.43. The van der Waals surface area contributed by atoms with Crippen LogP contribution in [0.1, 0.15) is 32.1 Å². The average Bonchev–Trinajstić information content (AvgIpc) is 3.00. The van der Waals surface area contributed by atoms with Crippen molar-refractivity contribution in [2.24, 2.45) is 11.8 Å². The minimum atomic E-state index is -0.859. The van der Waals surface area contributed by atoms with Crippen LogP contribution < -0.4 is 4.90 Å². The van der Waals surface area contributed by atoms with Gasteiger partial charge in [0.2, 0.25) is 11.8 Å². The highest BCUT2D eigenvalue weighted by Crippen LogP contribution is 2.29. The van der Waals surface area contributed by atoms with E-state index in [1.54, 1.807) is 4.90 Å². The molecule has 0 aromatic heterocycles. The van der Waals surface area contributed by atoms with Crippen molar-refractivity contribution in [1.82, 2.24) is 4.90 Å². The van der Waals surface area contributed by atoms with Gasteiger partial charge in [0.05, 0.1) is 0 Å². The first-order chi connectivity index (χ1) is 12.8. The quantitative estimate of drug-likeness (QED) is 0.796. The number of carboxylic acids is 1. The number of anilines is 1. The highest BCUT2D eigenvalue weighted by atomic mass is 19.1. The number of hydrogen-bond donors (Lipinski definition) is 1. The van der Waals surface area contributed by atoms with E-state index in [4.69, 9.17) is 5.11 Å². The number of aliphatic carboxylic acids is 1. The molecule has 2 amide bonds. The van der Waals surface area contributed by atoms with Gasteiger partial charge in [-0.05, 0) is 43.7 Å². The van der Waals surface area contributed by atoms with E-state index in [0.29, 0.717) is 25.9 Å². The van der Waals surface area contributed by atoms with Gasteiger partial charge in [-0.1, -0.05) is 0 Å². The molecule has 27 heavy (non-hydrogen) atoms. The van der Waals surface area contributed by atoms with Crippen molar-refractivity contribution in [2.75, 3.05) is 24.5 Å². The first-order valence-electron chi connectivity index (χ1n) is 9.13. The fourth-order valence-electron chi connectivity index (χ4n) is 3.91. The molecule has 3 rings (SSSR count). The zero-order valence-electron chi connectivity index (χ0n) is 14.9. The van der Waals surface area contributed by atoms with Crippen molar-refractivity contribution in [3.8, 4) is 0 Å². The lowest BCUT2D eigenvalue weighted by atomic mass is 9.92. The molecule has 0 saturated carbocycles. The van der Waals surface area contributed by atoms with Gasteiger partial charge in [0.1, 0.15) is 17.6 Å². The number of piperidine rings is 1. The number of carbonyl (C=O) groups is 3. The Bertz CT molecular complexity index is 735. The summed E-state index contributed by atoms with van der Waals surface area (Å²) >= 11 is 0. The molecular formula is C19H22F2N2O4. The Labute approximate surface area is 155 Å². The van der Waals surface area contributed by atoms with Crippen LogP contribution in [0.4, 0.5) is 14.5 Å². The van der Waals surface area contributed by atoms with Crippen molar-refractivity contribution >= 4 is 23.5 Å². The zero-order chi connectivity index (χ0) is 19.6. The molecule has 146 valence electrons. The number of benzene rings is 1. The summed E-state index contributed by atoms with van der Waals surface area (Å²) in [7, 11) is 0. The predicted molar refractivity (Wildman–Crippen MR) is 93.0 cm³/mol. The third-order valence-electron chi connectivity index (χ3n) is 5.26. The number of halogens is 2. The second-order valence-corrected chi connectivity index (χ2v) is 7.18. The van der Waals surface area contributed by atoms with E-state index in [1.807, 2.05) is 0 Å². The van der Waals surface area contributed by atoms with Gasteiger partial charge in [-0.2, -0.15) is 0 Å². The fourth-order valence-corrected chi connectivity index (χ4v) is 3.91. The lowest BCUT2D eigenvalue weighted by Crippen LogP contribution is -2.45. The topological polar surface area (TPSA) is 77.9 Å². The van der Waals surface area contributed by atoms with E-state index in [1.165, 1.54) is 4.90 Å². The molecule has 0 unspecified atom stereocenters. The van der Waals surface area contributed by atoms with Gasteiger partial charge in [-0.3, -0.25) is 14.4 Å². The summed E-state index contributed by atoms with van der Waals surface area (Å²) in [5, 5.41) is 8.82. The normalized spacial score (nSPS) is 23.0. The minimum absolute atomic E-state index is 0.0635. The van der Waals surface area contributed by atoms with E-state index in [9.17, 15) is 23.2 Å². The highest BCUT2D eigenvalue weighted by Gasteiger charge is 2.40. The Morgan fingerprint density at radius 2 is 1.81 bits per heavy atom. The zero-order valence-corrected chi connectivity index (χ0v) is 14.9. The first kappa shape index (κ1) is 19.3. The van der Waals surface area contributed by atoms with Crippen LogP contribution in [0.5, 0.6) is 0 Å². The number of amides is 2. The second-order valence-electron chi connectivity index (χ2n) is 7.18. The molecule has 0 spiro atoms. The summed E-state index contributed by atoms with van der Waals surface area (Å²) in [4.78, 5) is 39.1. The van der Waals surface area contributed by atoms with E-state index >= 15 is 0 Å². The van der Waals surface area contributed by atoms with Crippen LogP contribution in [-0.2, 0) is 14.4 Å². The van der Waals surface area contributed by atoms with E-state index in [-0.39, 0.29) is 30.5 Å². The Balaban J connectivity index is 1.65. The standard InChI is InChI=1S/C19H22F2N2O4/c20-13-8-14(21)10-15(9-13)23-7-5-16(19(23)27)18(26)22-6-1-2-12(11-22)3-4-17(24)25/h8-10,12,16H,1-7,11H2,(H,24,25)/t12-,16+/m0/s1. The monoisotopic (exact) mass is 380 g/mol. The minimum Gasteiger partial charge on any atom is -0.481 e. The molecule has 8 heteroatoms. The van der Waals surface area contributed by atoms with Crippen molar-refractivity contribution < 1.29 is 28.3 Å². The molecule has 2 fully saturated rings. The second kappa shape index (κ2) is 8.02. The highest BCUT2D eigenvalue weighted by molar-refractivity contribution is 6.09. The van der Waals surface area contributed by atoms with Crippen LogP contribution in [0, 0.1) is 23.5 Å². The summed E-state index contributed by atoms with van der Waals surface area (Å²) < 4.78 is 26.9. The van der Waals surface area contributed by atoms with Crippen LogP contribution in [0.15, 0.2) is 18.2 Å². The molecular weight excluding hydrogens is 358 g/mol. The van der Waals surface area contributed by atoms with Crippen LogP contribution in [0.2, 0.25) is 0 Å². The van der Waals surface area contributed by atoms with Crippen molar-refractivity contribution in [3.05, 3.63) is 29.8 Å². The molecule has 0 aliphatic carbocycles. The van der Waals surface area contributed by atoms with E-state index < -0.39 is 29.4 Å². The molecule has 1 aromatic rings. The van der Waals surface area contributed by atoms with Gasteiger partial charge in [0.25, 0.3) is 0 Å². The van der Waals surface area contributed by atoms with Crippen molar-refractivity contribution in [3.63, 3.8) is 0 Å². The molecule has 0 bridgehead atoms. The lowest BCUT2D eigenvalue weighted by molar-refractivity contribution is -0.141. The van der Waals surface area contributed by atoms with Gasteiger partial charge in [0.15, 0.2) is 0 Å². The Morgan fingerprint density at radius 1 is 1.11 bits per heavy atom. The van der Waals surface area contributed by atoms with Crippen molar-refractivity contribution in [1.29, 1.82) is 0 Å². The van der Waals surface area contributed by atoms with Crippen LogP contribution in [0.25, 0.3) is 0 Å². The molecule has 2 aliphatic rings. The van der Waals surface area contributed by atoms with Crippen LogP contribution in [-0.4, -0.2) is 47.4 Å². The SMILES string of the molecule is O=C(O)CC[C@@H]1CCCN(C(=O)[C@H]2CCN(c3cc(F)cc(F)c3)C2=O)C1. The Hall–Kier alpha value is -2.51. The summed E-state index contributed by atoms with van der Waals surface area (Å²) in [5.41, 5.74) is 0.116. The molecule has 2 heterocycles.